The molecule has 4 nitrogen and oxygen atoms in total. The van der Waals surface area contributed by atoms with Gasteiger partial charge < -0.3 is 15.5 Å². The number of hydrogen-bond acceptors (Lipinski definition) is 4. The van der Waals surface area contributed by atoms with E-state index in [4.69, 9.17) is 11.6 Å². The smallest absolute Gasteiger partial charge is 0.419 e. The van der Waals surface area contributed by atoms with Crippen LogP contribution in [0.25, 0.3) is 16.5 Å². The van der Waals surface area contributed by atoms with Crippen LogP contribution < -0.4 is 5.32 Å². The predicted octanol–water partition coefficient (Wildman–Crippen LogP) is 6.29. The van der Waals surface area contributed by atoms with Gasteiger partial charge in [0.25, 0.3) is 0 Å². The van der Waals surface area contributed by atoms with Crippen molar-refractivity contribution < 1.29 is 27.8 Å². The number of aromatic hydroxyl groups is 1. The van der Waals surface area contributed by atoms with Gasteiger partial charge in [-0.2, -0.15) is 13.2 Å². The van der Waals surface area contributed by atoms with E-state index in [1.54, 1.807) is 37.3 Å². The number of nitrogens with zero attached hydrogens (tertiary/aromatic N) is 1. The molecule has 168 valence electrons. The van der Waals surface area contributed by atoms with Gasteiger partial charge in [-0.3, -0.25) is 4.98 Å². The highest BCUT2D eigenvalue weighted by atomic mass is 35.5. The van der Waals surface area contributed by atoms with Crippen molar-refractivity contribution in [3.05, 3.63) is 70.1 Å². The van der Waals surface area contributed by atoms with Crippen LogP contribution in [0.3, 0.4) is 0 Å². The van der Waals surface area contributed by atoms with Crippen LogP contribution in [-0.2, 0) is 0 Å². The molecule has 9 heteroatoms. The lowest BCUT2D eigenvalue weighted by Gasteiger charge is -2.44. The molecule has 1 aromatic heterocycles. The lowest BCUT2D eigenvalue weighted by atomic mass is 9.72. The van der Waals surface area contributed by atoms with E-state index in [1.165, 1.54) is 13.0 Å². The molecule has 3 N–H and O–H groups in total. The average molecular weight is 467 g/mol. The van der Waals surface area contributed by atoms with Crippen LogP contribution in [0.2, 0.25) is 5.02 Å². The van der Waals surface area contributed by atoms with Crippen molar-refractivity contribution >= 4 is 33.8 Å². The maximum atomic E-state index is 14.3. The van der Waals surface area contributed by atoms with Gasteiger partial charge in [-0.1, -0.05) is 23.7 Å². The Balaban J connectivity index is 1.98. The van der Waals surface area contributed by atoms with Crippen LogP contribution in [0, 0.1) is 12.7 Å². The van der Waals surface area contributed by atoms with Crippen molar-refractivity contribution in [3.8, 4) is 5.75 Å². The van der Waals surface area contributed by atoms with Gasteiger partial charge in [0.05, 0.1) is 16.6 Å². The van der Waals surface area contributed by atoms with Gasteiger partial charge in [-0.15, -0.1) is 0 Å². The predicted molar refractivity (Wildman–Crippen MR) is 115 cm³/mol. The highest BCUT2D eigenvalue weighted by molar-refractivity contribution is 6.31. The molecule has 2 aromatic carbocycles. The molecule has 1 aliphatic carbocycles. The number of benzene rings is 2. The first-order valence-electron chi connectivity index (χ1n) is 9.76. The minimum atomic E-state index is -5.05. The molecule has 0 bridgehead atoms. The number of aliphatic hydroxyl groups is 1. The Hall–Kier alpha value is -2.84. The second-order valence-corrected chi connectivity index (χ2v) is 8.21. The summed E-state index contributed by atoms with van der Waals surface area (Å²) in [6, 6.07) is 7.56. The molecule has 0 fully saturated rings. The molecular weight excluding hydrogens is 448 g/mol. The van der Waals surface area contributed by atoms with Gasteiger partial charge in [-0.25, -0.2) is 4.39 Å². The molecule has 4 rings (SSSR count). The zero-order chi connectivity index (χ0) is 23.4. The van der Waals surface area contributed by atoms with Gasteiger partial charge in [0.1, 0.15) is 0 Å². The molecule has 0 aliphatic heterocycles. The van der Waals surface area contributed by atoms with Gasteiger partial charge in [0.2, 0.25) is 0 Å². The van der Waals surface area contributed by atoms with Crippen LogP contribution in [0.1, 0.15) is 36.2 Å². The van der Waals surface area contributed by atoms with E-state index in [2.05, 4.69) is 10.3 Å². The molecule has 32 heavy (non-hydrogen) atoms. The summed E-state index contributed by atoms with van der Waals surface area (Å²) in [5.74, 6) is -1.99. The number of anilines is 1. The molecule has 1 aliphatic rings. The third-order valence-corrected chi connectivity index (χ3v) is 6.08. The van der Waals surface area contributed by atoms with Crippen LogP contribution in [-0.4, -0.2) is 27.0 Å². The maximum Gasteiger partial charge on any atom is 0.419 e. The van der Waals surface area contributed by atoms with E-state index in [0.29, 0.717) is 10.9 Å². The van der Waals surface area contributed by atoms with Crippen molar-refractivity contribution in [1.29, 1.82) is 0 Å². The summed E-state index contributed by atoms with van der Waals surface area (Å²) < 4.78 is 57.0. The van der Waals surface area contributed by atoms with Gasteiger partial charge in [0.15, 0.2) is 17.2 Å². The minimum absolute atomic E-state index is 0.0406. The van der Waals surface area contributed by atoms with Crippen molar-refractivity contribution in [1.82, 2.24) is 4.98 Å². The Kier molecular flexibility index (Phi) is 5.33. The summed E-state index contributed by atoms with van der Waals surface area (Å²) in [7, 11) is 0. The van der Waals surface area contributed by atoms with Gasteiger partial charge in [0, 0.05) is 28.8 Å². The minimum Gasteiger partial charge on any atom is -0.504 e. The second-order valence-electron chi connectivity index (χ2n) is 7.80. The maximum absolute atomic E-state index is 14.3. The summed E-state index contributed by atoms with van der Waals surface area (Å²) in [5, 5.41) is 24.1. The summed E-state index contributed by atoms with van der Waals surface area (Å²) >= 11 is 5.87. The molecule has 1 heterocycles. The lowest BCUT2D eigenvalue weighted by molar-refractivity contribution is -0.265. The fourth-order valence-electron chi connectivity index (χ4n) is 4.18. The molecule has 3 aromatic rings. The number of halogens is 5. The number of allylic oxidation sites excluding steroid dienone is 1. The fourth-order valence-corrected chi connectivity index (χ4v) is 4.39. The van der Waals surface area contributed by atoms with Crippen LogP contribution in [0.5, 0.6) is 5.75 Å². The van der Waals surface area contributed by atoms with Crippen LogP contribution in [0.15, 0.2) is 42.5 Å². The van der Waals surface area contributed by atoms with Crippen molar-refractivity contribution in [3.63, 3.8) is 0 Å². The first-order valence-corrected chi connectivity index (χ1v) is 10.1. The Bertz CT molecular complexity index is 1260. The Morgan fingerprint density at radius 2 is 1.97 bits per heavy atom. The second kappa shape index (κ2) is 7.64. The number of rotatable bonds is 2. The molecule has 0 radical (unpaired) electrons. The van der Waals surface area contributed by atoms with E-state index < -0.39 is 40.8 Å². The number of phenols is 1. The highest BCUT2D eigenvalue weighted by Gasteiger charge is 2.62. The topological polar surface area (TPSA) is 65.4 Å². The fraction of sp³-hybridized carbons (Fsp3) is 0.261. The zero-order valence-electron chi connectivity index (χ0n) is 17.1. The quantitative estimate of drug-likeness (QED) is 0.388. The Morgan fingerprint density at radius 1 is 1.25 bits per heavy atom. The zero-order valence-corrected chi connectivity index (χ0v) is 17.8. The Labute approximate surface area is 186 Å². The lowest BCUT2D eigenvalue weighted by Crippen LogP contribution is -2.54. The molecule has 0 amide bonds. The normalized spacial score (nSPS) is 22.2. The number of nitrogens with one attached hydrogen (secondary N) is 1. The van der Waals surface area contributed by atoms with Crippen LogP contribution in [0.4, 0.5) is 23.2 Å². The molecular formula is C23H19ClF4N2O2. The van der Waals surface area contributed by atoms with E-state index in [-0.39, 0.29) is 22.4 Å². The number of phenolic OH excluding ortho intramolecular Hbond substituents is 1. The van der Waals surface area contributed by atoms with Crippen molar-refractivity contribution in [2.24, 2.45) is 0 Å². The van der Waals surface area contributed by atoms with Gasteiger partial charge in [-0.05, 0) is 55.3 Å². The number of aromatic nitrogens is 1. The van der Waals surface area contributed by atoms with E-state index >= 15 is 0 Å². The molecule has 0 saturated carbocycles. The monoisotopic (exact) mass is 466 g/mol. The number of aryl methyl sites for hydroxylation is 1. The third kappa shape index (κ3) is 3.38. The van der Waals surface area contributed by atoms with Crippen LogP contribution >= 0.6 is 11.6 Å². The molecule has 2 atom stereocenters. The van der Waals surface area contributed by atoms with Crippen molar-refractivity contribution in [2.45, 2.75) is 38.1 Å². The molecule has 2 unspecified atom stereocenters. The van der Waals surface area contributed by atoms with E-state index in [1.807, 2.05) is 0 Å². The van der Waals surface area contributed by atoms with Crippen molar-refractivity contribution in [2.75, 3.05) is 5.32 Å². The summed E-state index contributed by atoms with van der Waals surface area (Å²) in [5.41, 5.74) is -2.00. The highest BCUT2D eigenvalue weighted by Crippen LogP contribution is 2.55. The molecule has 0 spiro atoms. The third-order valence-electron chi connectivity index (χ3n) is 5.81. The van der Waals surface area contributed by atoms with E-state index in [0.717, 1.165) is 11.8 Å². The SMILES string of the molecule is CC=C1CC(O)(C(F)(F)F)C(Nc2cccc3nc(C)ccc23)c2cc(Cl)c(F)c(O)c21. The summed E-state index contributed by atoms with van der Waals surface area (Å²) in [6.07, 6.45) is -4.62. The number of alkyl halides is 3. The standard InChI is InChI=1S/C23H19ClF4N2O2/c1-3-12-10-22(32,23(26,27)28)21(14-9-15(24)19(25)20(31)18(12)14)30-17-6-4-5-16-13(17)8-7-11(2)29-16/h3-9,21,30-32H,10H2,1-2H3. The largest absolute Gasteiger partial charge is 0.504 e. The first kappa shape index (κ1) is 22.4. The Morgan fingerprint density at radius 3 is 2.62 bits per heavy atom. The number of hydrogen-bond donors (Lipinski definition) is 3. The summed E-state index contributed by atoms with van der Waals surface area (Å²) in [6.45, 7) is 3.24. The molecule has 0 saturated heterocycles. The first-order chi connectivity index (χ1) is 15.0. The van der Waals surface area contributed by atoms with E-state index in [9.17, 15) is 27.8 Å². The number of pyridine rings is 1. The average Bonchev–Trinajstić information content (AvgIpc) is 2.72. The van der Waals surface area contributed by atoms with Gasteiger partial charge >= 0.3 is 6.18 Å². The number of fused-ring (bicyclic) bond motifs is 2. The summed E-state index contributed by atoms with van der Waals surface area (Å²) in [4.78, 5) is 4.38.